The number of rotatable bonds is 7. The van der Waals surface area contributed by atoms with Crippen molar-refractivity contribution in [3.8, 4) is 5.75 Å². The highest BCUT2D eigenvalue weighted by atomic mass is 19.1. The molecule has 2 aliphatic heterocycles. The number of carbonyl (C=O) groups is 2. The lowest BCUT2D eigenvalue weighted by Gasteiger charge is -2.38. The van der Waals surface area contributed by atoms with E-state index in [4.69, 9.17) is 9.47 Å². The number of hydrogen-bond donors (Lipinski definition) is 2. The van der Waals surface area contributed by atoms with E-state index in [1.807, 2.05) is 12.1 Å². The van der Waals surface area contributed by atoms with Gasteiger partial charge < -0.3 is 25.0 Å². The van der Waals surface area contributed by atoms with Crippen LogP contribution >= 0.6 is 0 Å². The molecule has 0 saturated carbocycles. The van der Waals surface area contributed by atoms with Crippen molar-refractivity contribution in [2.75, 3.05) is 51.3 Å². The number of methoxy groups -OCH3 is 1. The van der Waals surface area contributed by atoms with E-state index in [0.29, 0.717) is 23.6 Å². The molecule has 180 valence electrons. The zero-order chi connectivity index (χ0) is 24.1. The standard InChI is InChI=1S/C25H29FN4O4/c1-3-34-24(31)22-21(27-25(32)28-23(22)17-4-10-20(33-2)11-5-17)16-29-12-14-30(15-13-29)19-8-6-18(26)7-9-19/h4-11,23H,3,12-16H2,1-2H3,(H2,27,28,32). The molecular formula is C25H29FN4O4. The summed E-state index contributed by atoms with van der Waals surface area (Å²) in [4.78, 5) is 29.9. The highest BCUT2D eigenvalue weighted by Gasteiger charge is 2.34. The number of halogens is 1. The van der Waals surface area contributed by atoms with Crippen LogP contribution in [0.25, 0.3) is 0 Å². The number of anilines is 1. The fourth-order valence-electron chi connectivity index (χ4n) is 4.28. The summed E-state index contributed by atoms with van der Waals surface area (Å²) in [6, 6.07) is 12.7. The van der Waals surface area contributed by atoms with Crippen LogP contribution in [0, 0.1) is 5.82 Å². The van der Waals surface area contributed by atoms with Gasteiger partial charge in [-0.2, -0.15) is 0 Å². The highest BCUT2D eigenvalue weighted by Crippen LogP contribution is 2.29. The molecule has 2 aromatic rings. The third-order valence-electron chi connectivity index (χ3n) is 6.04. The molecular weight excluding hydrogens is 439 g/mol. The molecule has 0 spiro atoms. The van der Waals surface area contributed by atoms with E-state index in [1.54, 1.807) is 38.3 Å². The molecule has 1 saturated heterocycles. The number of amides is 2. The summed E-state index contributed by atoms with van der Waals surface area (Å²) in [6.45, 7) is 5.36. The van der Waals surface area contributed by atoms with E-state index in [2.05, 4.69) is 20.4 Å². The number of benzene rings is 2. The van der Waals surface area contributed by atoms with Crippen LogP contribution in [0.5, 0.6) is 5.75 Å². The van der Waals surface area contributed by atoms with Crippen LogP contribution < -0.4 is 20.3 Å². The zero-order valence-corrected chi connectivity index (χ0v) is 19.3. The van der Waals surface area contributed by atoms with Crippen LogP contribution in [0.15, 0.2) is 59.8 Å². The molecule has 0 aromatic heterocycles. The number of urea groups is 1. The van der Waals surface area contributed by atoms with Crippen LogP contribution in [0.3, 0.4) is 0 Å². The van der Waals surface area contributed by atoms with Gasteiger partial charge in [0.15, 0.2) is 0 Å². The number of esters is 1. The summed E-state index contributed by atoms with van der Waals surface area (Å²) >= 11 is 0. The minimum absolute atomic E-state index is 0.231. The minimum Gasteiger partial charge on any atom is -0.497 e. The number of nitrogens with zero attached hydrogens (tertiary/aromatic N) is 2. The van der Waals surface area contributed by atoms with Crippen molar-refractivity contribution >= 4 is 17.7 Å². The second-order valence-electron chi connectivity index (χ2n) is 8.16. The van der Waals surface area contributed by atoms with Crippen molar-refractivity contribution in [1.82, 2.24) is 15.5 Å². The van der Waals surface area contributed by atoms with E-state index in [9.17, 15) is 14.0 Å². The van der Waals surface area contributed by atoms with Gasteiger partial charge in [0.1, 0.15) is 11.6 Å². The van der Waals surface area contributed by atoms with Crippen molar-refractivity contribution in [3.05, 3.63) is 71.2 Å². The summed E-state index contributed by atoms with van der Waals surface area (Å²) in [7, 11) is 1.58. The molecule has 2 heterocycles. The summed E-state index contributed by atoms with van der Waals surface area (Å²) in [5.74, 6) is -0.0328. The summed E-state index contributed by atoms with van der Waals surface area (Å²) in [5.41, 5.74) is 2.67. The molecule has 0 aliphatic carbocycles. The Morgan fingerprint density at radius 3 is 2.35 bits per heavy atom. The SMILES string of the molecule is CCOC(=O)C1=C(CN2CCN(c3ccc(F)cc3)CC2)NC(=O)NC1c1ccc(OC)cc1. The number of hydrogen-bond acceptors (Lipinski definition) is 6. The first-order chi connectivity index (χ1) is 16.5. The van der Waals surface area contributed by atoms with Gasteiger partial charge in [0, 0.05) is 44.1 Å². The predicted molar refractivity (Wildman–Crippen MR) is 126 cm³/mol. The Bertz CT molecular complexity index is 1050. The predicted octanol–water partition coefficient (Wildman–Crippen LogP) is 2.83. The Balaban J connectivity index is 1.54. The van der Waals surface area contributed by atoms with Gasteiger partial charge in [0.25, 0.3) is 0 Å². The van der Waals surface area contributed by atoms with Gasteiger partial charge in [0.2, 0.25) is 0 Å². The molecule has 1 fully saturated rings. The zero-order valence-electron chi connectivity index (χ0n) is 19.3. The van der Waals surface area contributed by atoms with Crippen LogP contribution in [-0.4, -0.2) is 63.3 Å². The van der Waals surface area contributed by atoms with E-state index in [-0.39, 0.29) is 18.5 Å². The lowest BCUT2D eigenvalue weighted by molar-refractivity contribution is -0.139. The number of carbonyl (C=O) groups excluding carboxylic acids is 2. The van der Waals surface area contributed by atoms with Gasteiger partial charge in [-0.15, -0.1) is 0 Å². The van der Waals surface area contributed by atoms with Crippen molar-refractivity contribution in [2.45, 2.75) is 13.0 Å². The number of ether oxygens (including phenoxy) is 2. The summed E-state index contributed by atoms with van der Waals surface area (Å²) in [6.07, 6.45) is 0. The van der Waals surface area contributed by atoms with E-state index < -0.39 is 12.0 Å². The Morgan fingerprint density at radius 1 is 1.06 bits per heavy atom. The topological polar surface area (TPSA) is 83.1 Å². The van der Waals surface area contributed by atoms with Crippen LogP contribution in [0.2, 0.25) is 0 Å². The average Bonchev–Trinajstić information content (AvgIpc) is 2.85. The van der Waals surface area contributed by atoms with Gasteiger partial charge in [-0.05, 0) is 48.9 Å². The second kappa shape index (κ2) is 10.6. The van der Waals surface area contributed by atoms with Gasteiger partial charge in [-0.25, -0.2) is 14.0 Å². The molecule has 4 rings (SSSR count). The Kier molecular flexibility index (Phi) is 7.32. The molecule has 2 N–H and O–H groups in total. The number of nitrogens with one attached hydrogen (secondary N) is 2. The van der Waals surface area contributed by atoms with Gasteiger partial charge in [-0.3, -0.25) is 4.90 Å². The third-order valence-corrected chi connectivity index (χ3v) is 6.04. The lowest BCUT2D eigenvalue weighted by atomic mass is 9.94. The fraction of sp³-hybridized carbons (Fsp3) is 0.360. The molecule has 0 radical (unpaired) electrons. The first kappa shape index (κ1) is 23.6. The van der Waals surface area contributed by atoms with E-state index in [0.717, 1.165) is 37.4 Å². The Labute approximate surface area is 198 Å². The molecule has 1 unspecified atom stereocenters. The smallest absolute Gasteiger partial charge is 0.338 e. The van der Waals surface area contributed by atoms with Crippen molar-refractivity contribution in [3.63, 3.8) is 0 Å². The molecule has 2 aliphatic rings. The van der Waals surface area contributed by atoms with E-state index in [1.165, 1.54) is 12.1 Å². The lowest BCUT2D eigenvalue weighted by Crippen LogP contribution is -2.51. The maximum absolute atomic E-state index is 13.2. The van der Waals surface area contributed by atoms with E-state index >= 15 is 0 Å². The summed E-state index contributed by atoms with van der Waals surface area (Å²) < 4.78 is 23.8. The normalized spacial score (nSPS) is 18.9. The van der Waals surface area contributed by atoms with Gasteiger partial charge in [0.05, 0.1) is 25.3 Å². The van der Waals surface area contributed by atoms with Crippen molar-refractivity contribution in [1.29, 1.82) is 0 Å². The monoisotopic (exact) mass is 468 g/mol. The quantitative estimate of drug-likeness (QED) is 0.608. The summed E-state index contributed by atoms with van der Waals surface area (Å²) in [5, 5.41) is 5.68. The van der Waals surface area contributed by atoms with Crippen LogP contribution in [0.4, 0.5) is 14.9 Å². The third kappa shape index (κ3) is 5.31. The van der Waals surface area contributed by atoms with Gasteiger partial charge >= 0.3 is 12.0 Å². The maximum atomic E-state index is 13.2. The largest absolute Gasteiger partial charge is 0.497 e. The molecule has 2 aromatic carbocycles. The fourth-order valence-corrected chi connectivity index (χ4v) is 4.28. The molecule has 8 nitrogen and oxygen atoms in total. The molecule has 2 amide bonds. The molecule has 9 heteroatoms. The van der Waals surface area contributed by atoms with Crippen LogP contribution in [-0.2, 0) is 9.53 Å². The Morgan fingerprint density at radius 2 is 1.74 bits per heavy atom. The first-order valence-corrected chi connectivity index (χ1v) is 11.3. The van der Waals surface area contributed by atoms with Crippen LogP contribution in [0.1, 0.15) is 18.5 Å². The highest BCUT2D eigenvalue weighted by molar-refractivity contribution is 5.95. The molecule has 0 bridgehead atoms. The minimum atomic E-state index is -0.630. The first-order valence-electron chi connectivity index (χ1n) is 11.3. The molecule has 34 heavy (non-hydrogen) atoms. The second-order valence-corrected chi connectivity index (χ2v) is 8.16. The maximum Gasteiger partial charge on any atom is 0.338 e. The van der Waals surface area contributed by atoms with Crippen molar-refractivity contribution < 1.29 is 23.5 Å². The average molecular weight is 469 g/mol. The Hall–Kier alpha value is -3.59. The number of piperazine rings is 1. The molecule has 1 atom stereocenters. The van der Waals surface area contributed by atoms with Crippen molar-refractivity contribution in [2.24, 2.45) is 0 Å². The van der Waals surface area contributed by atoms with Gasteiger partial charge in [-0.1, -0.05) is 12.1 Å².